The van der Waals surface area contributed by atoms with Crippen molar-refractivity contribution in [2.75, 3.05) is 0 Å². The second kappa shape index (κ2) is 3.79. The number of H-pyrrole nitrogens is 1. The van der Waals surface area contributed by atoms with Gasteiger partial charge in [-0.2, -0.15) is 8.42 Å². The Labute approximate surface area is 101 Å². The maximum absolute atomic E-state index is 11.9. The van der Waals surface area contributed by atoms with E-state index in [9.17, 15) is 18.0 Å². The van der Waals surface area contributed by atoms with Crippen molar-refractivity contribution in [2.45, 2.75) is 11.8 Å². The summed E-state index contributed by atoms with van der Waals surface area (Å²) in [7, 11) is -3.13. The lowest BCUT2D eigenvalue weighted by molar-refractivity contribution is 0.482. The first-order valence-electron chi connectivity index (χ1n) is 4.93. The van der Waals surface area contributed by atoms with Crippen LogP contribution in [0.5, 0.6) is 0 Å². The van der Waals surface area contributed by atoms with Crippen LogP contribution < -0.4 is 11.2 Å². The number of aryl methyl sites for hydroxylation is 1. The molecule has 2 rings (SSSR count). The SMILES string of the molecule is Cc1c(S(=O)(=O)O)ccc2[nH]c(=O)n(C)c(=O)c12. The van der Waals surface area contributed by atoms with Crippen LogP contribution in [0, 0.1) is 6.92 Å². The van der Waals surface area contributed by atoms with Gasteiger partial charge in [0.05, 0.1) is 15.8 Å². The Kier molecular flexibility index (Phi) is 2.63. The highest BCUT2D eigenvalue weighted by Crippen LogP contribution is 2.20. The van der Waals surface area contributed by atoms with Crippen molar-refractivity contribution in [3.8, 4) is 0 Å². The van der Waals surface area contributed by atoms with E-state index in [1.807, 2.05) is 0 Å². The predicted molar refractivity (Wildman–Crippen MR) is 64.4 cm³/mol. The maximum atomic E-state index is 11.9. The van der Waals surface area contributed by atoms with Crippen LogP contribution in [-0.4, -0.2) is 22.5 Å². The van der Waals surface area contributed by atoms with E-state index < -0.39 is 21.4 Å². The molecule has 18 heavy (non-hydrogen) atoms. The first-order chi connectivity index (χ1) is 8.23. The van der Waals surface area contributed by atoms with Gasteiger partial charge in [0.15, 0.2) is 0 Å². The zero-order valence-corrected chi connectivity index (χ0v) is 10.4. The van der Waals surface area contributed by atoms with Crippen LogP contribution in [0.3, 0.4) is 0 Å². The van der Waals surface area contributed by atoms with Gasteiger partial charge < -0.3 is 4.98 Å². The van der Waals surface area contributed by atoms with E-state index in [4.69, 9.17) is 4.55 Å². The lowest BCUT2D eigenvalue weighted by atomic mass is 10.1. The molecule has 8 heteroatoms. The molecule has 0 saturated heterocycles. The molecule has 0 saturated carbocycles. The van der Waals surface area contributed by atoms with Gasteiger partial charge in [0.2, 0.25) is 0 Å². The molecule has 0 unspecified atom stereocenters. The Balaban J connectivity index is 3.10. The monoisotopic (exact) mass is 270 g/mol. The Morgan fingerprint density at radius 1 is 1.28 bits per heavy atom. The summed E-state index contributed by atoms with van der Waals surface area (Å²) in [6.45, 7) is 1.39. The molecule has 2 N–H and O–H groups in total. The molecule has 1 heterocycles. The summed E-state index contributed by atoms with van der Waals surface area (Å²) in [6.07, 6.45) is 0. The van der Waals surface area contributed by atoms with E-state index >= 15 is 0 Å². The van der Waals surface area contributed by atoms with Crippen LogP contribution in [0.1, 0.15) is 5.56 Å². The second-order valence-corrected chi connectivity index (χ2v) is 5.27. The highest BCUT2D eigenvalue weighted by Gasteiger charge is 2.17. The van der Waals surface area contributed by atoms with Gasteiger partial charge in [-0.3, -0.25) is 13.9 Å². The van der Waals surface area contributed by atoms with Gasteiger partial charge in [-0.05, 0) is 24.6 Å². The third kappa shape index (κ3) is 1.75. The number of fused-ring (bicyclic) bond motifs is 1. The molecule has 0 radical (unpaired) electrons. The zero-order chi connectivity index (χ0) is 13.7. The maximum Gasteiger partial charge on any atom is 0.328 e. The van der Waals surface area contributed by atoms with Crippen molar-refractivity contribution in [1.29, 1.82) is 0 Å². The lowest BCUT2D eigenvalue weighted by Crippen LogP contribution is -2.32. The Morgan fingerprint density at radius 2 is 1.89 bits per heavy atom. The molecule has 7 nitrogen and oxygen atoms in total. The van der Waals surface area contributed by atoms with Gasteiger partial charge >= 0.3 is 5.69 Å². The number of aromatic nitrogens is 2. The van der Waals surface area contributed by atoms with Crippen LogP contribution in [-0.2, 0) is 17.2 Å². The van der Waals surface area contributed by atoms with Crippen molar-refractivity contribution < 1.29 is 13.0 Å². The van der Waals surface area contributed by atoms with Crippen molar-refractivity contribution >= 4 is 21.0 Å². The molecule has 0 atom stereocenters. The van der Waals surface area contributed by atoms with Crippen LogP contribution in [0.15, 0.2) is 26.6 Å². The minimum Gasteiger partial charge on any atom is -0.307 e. The molecule has 0 bridgehead atoms. The van der Waals surface area contributed by atoms with Crippen molar-refractivity contribution in [2.24, 2.45) is 7.05 Å². The summed E-state index contributed by atoms with van der Waals surface area (Å²) < 4.78 is 32.1. The van der Waals surface area contributed by atoms with E-state index in [-0.39, 0.29) is 21.4 Å². The van der Waals surface area contributed by atoms with Crippen LogP contribution in [0.2, 0.25) is 0 Å². The highest BCUT2D eigenvalue weighted by atomic mass is 32.2. The highest BCUT2D eigenvalue weighted by molar-refractivity contribution is 7.85. The summed E-state index contributed by atoms with van der Waals surface area (Å²) in [5.41, 5.74) is -0.872. The summed E-state index contributed by atoms with van der Waals surface area (Å²) in [5, 5.41) is 0.0622. The van der Waals surface area contributed by atoms with E-state index in [1.54, 1.807) is 0 Å². The van der Waals surface area contributed by atoms with Gasteiger partial charge in [0.25, 0.3) is 15.7 Å². The molecule has 0 spiro atoms. The van der Waals surface area contributed by atoms with Crippen molar-refractivity contribution in [3.63, 3.8) is 0 Å². The normalized spacial score (nSPS) is 11.9. The molecule has 0 fully saturated rings. The van der Waals surface area contributed by atoms with Gasteiger partial charge in [-0.15, -0.1) is 0 Å². The third-order valence-electron chi connectivity index (χ3n) is 2.76. The Bertz CT molecular complexity index is 860. The van der Waals surface area contributed by atoms with E-state index in [2.05, 4.69) is 4.98 Å². The number of benzene rings is 1. The molecule has 0 aliphatic carbocycles. The first kappa shape index (κ1) is 12.5. The number of aromatic amines is 1. The number of nitrogens with one attached hydrogen (secondary N) is 1. The molecule has 0 amide bonds. The Morgan fingerprint density at radius 3 is 2.44 bits per heavy atom. The fourth-order valence-electron chi connectivity index (χ4n) is 1.81. The number of hydrogen-bond donors (Lipinski definition) is 2. The van der Waals surface area contributed by atoms with Crippen molar-refractivity contribution in [3.05, 3.63) is 38.5 Å². The van der Waals surface area contributed by atoms with Crippen LogP contribution >= 0.6 is 0 Å². The Hall–Kier alpha value is -1.93. The molecule has 2 aromatic rings. The van der Waals surface area contributed by atoms with E-state index in [1.165, 1.54) is 20.0 Å². The topological polar surface area (TPSA) is 109 Å². The molecular weight excluding hydrogens is 260 g/mol. The summed E-state index contributed by atoms with van der Waals surface area (Å²) in [4.78, 5) is 25.4. The molecule has 1 aromatic heterocycles. The average Bonchev–Trinajstić information content (AvgIpc) is 2.24. The minimum absolute atomic E-state index is 0.0622. The van der Waals surface area contributed by atoms with Crippen molar-refractivity contribution in [1.82, 2.24) is 9.55 Å². The zero-order valence-electron chi connectivity index (χ0n) is 9.59. The largest absolute Gasteiger partial charge is 0.328 e. The molecule has 0 aliphatic rings. The van der Waals surface area contributed by atoms with Gasteiger partial charge in [0, 0.05) is 7.05 Å². The molecule has 1 aromatic carbocycles. The summed E-state index contributed by atoms with van der Waals surface area (Å²) >= 11 is 0. The summed E-state index contributed by atoms with van der Waals surface area (Å²) in [6, 6.07) is 2.41. The smallest absolute Gasteiger partial charge is 0.307 e. The first-order valence-corrected chi connectivity index (χ1v) is 6.37. The van der Waals surface area contributed by atoms with Gasteiger partial charge in [-0.25, -0.2) is 4.79 Å². The predicted octanol–water partition coefficient (Wildman–Crippen LogP) is -0.218. The lowest BCUT2D eigenvalue weighted by Gasteiger charge is -2.07. The molecule has 96 valence electrons. The molecular formula is C10H10N2O5S. The number of nitrogens with zero attached hydrogens (tertiary/aromatic N) is 1. The van der Waals surface area contributed by atoms with Gasteiger partial charge in [0.1, 0.15) is 0 Å². The van der Waals surface area contributed by atoms with Crippen LogP contribution in [0.4, 0.5) is 0 Å². The fourth-order valence-corrected chi connectivity index (χ4v) is 2.54. The number of rotatable bonds is 1. The van der Waals surface area contributed by atoms with E-state index in [0.717, 1.165) is 10.6 Å². The van der Waals surface area contributed by atoms with Crippen LogP contribution in [0.25, 0.3) is 10.9 Å². The van der Waals surface area contributed by atoms with E-state index in [0.29, 0.717) is 0 Å². The fraction of sp³-hybridized carbons (Fsp3) is 0.200. The second-order valence-electron chi connectivity index (χ2n) is 3.88. The summed E-state index contributed by atoms with van der Waals surface area (Å²) in [5.74, 6) is 0. The van der Waals surface area contributed by atoms with Gasteiger partial charge in [-0.1, -0.05) is 0 Å². The minimum atomic E-state index is -4.40. The standard InChI is InChI=1S/C10H10N2O5S/c1-5-7(18(15,16)17)4-3-6-8(5)9(13)12(2)10(14)11-6/h3-4H,1-2H3,(H,11,14)(H,15,16,17). The molecule has 0 aliphatic heterocycles. The number of hydrogen-bond acceptors (Lipinski definition) is 4. The third-order valence-corrected chi connectivity index (χ3v) is 3.76. The quantitative estimate of drug-likeness (QED) is 0.696. The average molecular weight is 270 g/mol.